The van der Waals surface area contributed by atoms with E-state index in [2.05, 4.69) is 35.5 Å². The van der Waals surface area contributed by atoms with Crippen molar-refractivity contribution in [3.63, 3.8) is 0 Å². The van der Waals surface area contributed by atoms with Crippen molar-refractivity contribution >= 4 is 38.6 Å². The third-order valence-electron chi connectivity index (χ3n) is 5.16. The van der Waals surface area contributed by atoms with Crippen LogP contribution in [-0.4, -0.2) is 56.3 Å². The number of nitrogens with zero attached hydrogens (tertiary/aromatic N) is 2. The molecule has 1 aliphatic rings. The molecular weight excluding hydrogens is 414 g/mol. The fourth-order valence-corrected chi connectivity index (χ4v) is 7.13. The summed E-state index contributed by atoms with van der Waals surface area (Å²) in [5.74, 6) is -0.319. The highest BCUT2D eigenvalue weighted by Crippen LogP contribution is 2.28. The Morgan fingerprint density at radius 3 is 2.54 bits per heavy atom. The van der Waals surface area contributed by atoms with Gasteiger partial charge in [0.1, 0.15) is 9.77 Å². The Balaban J connectivity index is 1.75. The van der Waals surface area contributed by atoms with E-state index in [1.54, 1.807) is 22.8 Å². The number of likely N-dealkylation sites (N-methyl/N-ethyl adjacent to an activating group) is 1. The molecule has 2 aromatic heterocycles. The minimum atomic E-state index is -3.60. The van der Waals surface area contributed by atoms with Crippen LogP contribution in [0.2, 0.25) is 0 Å². The molecule has 154 valence electrons. The van der Waals surface area contributed by atoms with Crippen LogP contribution in [0.3, 0.4) is 0 Å². The standard InChI is InChI=1S/C19H27N3O3S3/c1-3-21(4-2)16(15-7-11-26-14-15)13-20-19(23)18-17(8-12-27-18)28(24,25)22-9-5-6-10-22/h7-8,11-12,14,16H,3-6,9-10,13H2,1-2H3,(H,20,23). The maximum absolute atomic E-state index is 12.9. The average molecular weight is 442 g/mol. The van der Waals surface area contributed by atoms with Crippen molar-refractivity contribution in [3.05, 3.63) is 38.7 Å². The van der Waals surface area contributed by atoms with Crippen molar-refractivity contribution in [1.82, 2.24) is 14.5 Å². The van der Waals surface area contributed by atoms with E-state index < -0.39 is 10.0 Å². The fraction of sp³-hybridized carbons (Fsp3) is 0.526. The summed E-state index contributed by atoms with van der Waals surface area (Å²) in [6.07, 6.45) is 1.74. The minimum absolute atomic E-state index is 0.0730. The summed E-state index contributed by atoms with van der Waals surface area (Å²) < 4.78 is 27.3. The Labute approximate surface area is 175 Å². The summed E-state index contributed by atoms with van der Waals surface area (Å²) in [5, 5.41) is 8.79. The van der Waals surface area contributed by atoms with Gasteiger partial charge in [-0.1, -0.05) is 13.8 Å². The van der Waals surface area contributed by atoms with E-state index in [9.17, 15) is 13.2 Å². The molecule has 6 nitrogen and oxygen atoms in total. The number of nitrogens with one attached hydrogen (secondary N) is 1. The van der Waals surface area contributed by atoms with Crippen LogP contribution in [0.1, 0.15) is 48.0 Å². The molecule has 1 aliphatic heterocycles. The molecule has 0 aromatic carbocycles. The van der Waals surface area contributed by atoms with Gasteiger partial charge in [0, 0.05) is 19.6 Å². The maximum Gasteiger partial charge on any atom is 0.262 e. The zero-order chi connectivity index (χ0) is 20.1. The Kier molecular flexibility index (Phi) is 7.27. The monoisotopic (exact) mass is 441 g/mol. The first-order chi connectivity index (χ1) is 13.5. The first-order valence-electron chi connectivity index (χ1n) is 9.61. The molecule has 3 rings (SSSR count). The second-order valence-electron chi connectivity index (χ2n) is 6.73. The number of amides is 1. The molecular formula is C19H27N3O3S3. The Morgan fingerprint density at radius 2 is 1.93 bits per heavy atom. The maximum atomic E-state index is 12.9. The van der Waals surface area contributed by atoms with Gasteiger partial charge in [-0.25, -0.2) is 8.42 Å². The second-order valence-corrected chi connectivity index (χ2v) is 10.3. The van der Waals surface area contributed by atoms with Crippen LogP contribution in [0.4, 0.5) is 0 Å². The van der Waals surface area contributed by atoms with Crippen LogP contribution in [-0.2, 0) is 10.0 Å². The predicted octanol–water partition coefficient (Wildman–Crippen LogP) is 3.41. The Bertz CT molecular complexity index is 867. The zero-order valence-electron chi connectivity index (χ0n) is 16.3. The quantitative estimate of drug-likeness (QED) is 0.647. The fourth-order valence-electron chi connectivity index (χ4n) is 3.59. The lowest BCUT2D eigenvalue weighted by molar-refractivity contribution is 0.0936. The smallest absolute Gasteiger partial charge is 0.262 e. The highest BCUT2D eigenvalue weighted by molar-refractivity contribution is 7.89. The van der Waals surface area contributed by atoms with Gasteiger partial charge in [-0.3, -0.25) is 9.69 Å². The molecule has 3 heterocycles. The summed E-state index contributed by atoms with van der Waals surface area (Å²) in [4.78, 5) is 15.6. The average Bonchev–Trinajstić information content (AvgIpc) is 3.45. The molecule has 0 bridgehead atoms. The number of carbonyl (C=O) groups excluding carboxylic acids is 1. The van der Waals surface area contributed by atoms with Crippen molar-refractivity contribution in [2.75, 3.05) is 32.7 Å². The van der Waals surface area contributed by atoms with Crippen LogP contribution in [0.15, 0.2) is 33.2 Å². The molecule has 28 heavy (non-hydrogen) atoms. The van der Waals surface area contributed by atoms with Crippen LogP contribution in [0, 0.1) is 0 Å². The molecule has 1 N–H and O–H groups in total. The largest absolute Gasteiger partial charge is 0.349 e. The van der Waals surface area contributed by atoms with Gasteiger partial charge in [-0.05, 0) is 59.8 Å². The van der Waals surface area contributed by atoms with Crippen molar-refractivity contribution < 1.29 is 13.2 Å². The number of thiophene rings is 2. The van der Waals surface area contributed by atoms with Crippen LogP contribution >= 0.6 is 22.7 Å². The van der Waals surface area contributed by atoms with Crippen LogP contribution < -0.4 is 5.32 Å². The summed E-state index contributed by atoms with van der Waals surface area (Å²) in [7, 11) is -3.60. The zero-order valence-corrected chi connectivity index (χ0v) is 18.7. The minimum Gasteiger partial charge on any atom is -0.349 e. The van der Waals surface area contributed by atoms with Gasteiger partial charge in [-0.15, -0.1) is 11.3 Å². The molecule has 1 saturated heterocycles. The Morgan fingerprint density at radius 1 is 1.21 bits per heavy atom. The molecule has 0 spiro atoms. The first kappa shape index (κ1) is 21.4. The van der Waals surface area contributed by atoms with Crippen LogP contribution in [0.25, 0.3) is 0 Å². The molecule has 0 aliphatic carbocycles. The molecule has 9 heteroatoms. The summed E-state index contributed by atoms with van der Waals surface area (Å²) >= 11 is 2.82. The summed E-state index contributed by atoms with van der Waals surface area (Å²) in [6.45, 7) is 7.46. The molecule has 2 aromatic rings. The van der Waals surface area contributed by atoms with Gasteiger partial charge >= 0.3 is 0 Å². The van der Waals surface area contributed by atoms with E-state index in [-0.39, 0.29) is 21.7 Å². The highest BCUT2D eigenvalue weighted by atomic mass is 32.2. The first-order valence-corrected chi connectivity index (χ1v) is 12.9. The lowest BCUT2D eigenvalue weighted by atomic mass is 10.1. The van der Waals surface area contributed by atoms with E-state index in [4.69, 9.17) is 0 Å². The third kappa shape index (κ3) is 4.49. The van der Waals surface area contributed by atoms with Gasteiger partial charge in [0.05, 0.1) is 6.04 Å². The summed E-state index contributed by atoms with van der Waals surface area (Å²) in [5.41, 5.74) is 1.17. The van der Waals surface area contributed by atoms with E-state index in [1.807, 2.05) is 5.38 Å². The van der Waals surface area contributed by atoms with Gasteiger partial charge in [-0.2, -0.15) is 15.6 Å². The van der Waals surface area contributed by atoms with Crippen molar-refractivity contribution in [3.8, 4) is 0 Å². The van der Waals surface area contributed by atoms with Gasteiger partial charge < -0.3 is 5.32 Å². The number of sulfonamides is 1. The molecule has 1 amide bonds. The number of carbonyl (C=O) groups is 1. The van der Waals surface area contributed by atoms with Gasteiger partial charge in [0.25, 0.3) is 5.91 Å². The van der Waals surface area contributed by atoms with Crippen molar-refractivity contribution in [2.45, 2.75) is 37.6 Å². The lowest BCUT2D eigenvalue weighted by Gasteiger charge is -2.29. The van der Waals surface area contributed by atoms with Gasteiger partial charge in [0.2, 0.25) is 10.0 Å². The topological polar surface area (TPSA) is 69.7 Å². The predicted molar refractivity (Wildman–Crippen MR) is 115 cm³/mol. The lowest BCUT2D eigenvalue weighted by Crippen LogP contribution is -2.38. The SMILES string of the molecule is CCN(CC)C(CNC(=O)c1sccc1S(=O)(=O)N1CCCC1)c1ccsc1. The van der Waals surface area contributed by atoms with Crippen molar-refractivity contribution in [1.29, 1.82) is 0 Å². The number of hydrogen-bond donors (Lipinski definition) is 1. The summed E-state index contributed by atoms with van der Waals surface area (Å²) in [6, 6.07) is 3.70. The second kappa shape index (κ2) is 9.49. The third-order valence-corrected chi connectivity index (χ3v) is 8.84. The van der Waals surface area contributed by atoms with Gasteiger partial charge in [0.15, 0.2) is 0 Å². The normalized spacial score (nSPS) is 16.5. The number of rotatable bonds is 9. The van der Waals surface area contributed by atoms with E-state index in [0.717, 1.165) is 25.9 Å². The number of hydrogen-bond acceptors (Lipinski definition) is 6. The van der Waals surface area contributed by atoms with E-state index in [0.29, 0.717) is 19.6 Å². The highest BCUT2D eigenvalue weighted by Gasteiger charge is 2.32. The van der Waals surface area contributed by atoms with E-state index >= 15 is 0 Å². The molecule has 0 saturated carbocycles. The van der Waals surface area contributed by atoms with Crippen LogP contribution in [0.5, 0.6) is 0 Å². The van der Waals surface area contributed by atoms with Crippen molar-refractivity contribution in [2.24, 2.45) is 0 Å². The molecule has 0 radical (unpaired) electrons. The Hall–Kier alpha value is -1.26. The molecule has 1 fully saturated rings. The molecule has 1 atom stereocenters. The molecule has 1 unspecified atom stereocenters. The van der Waals surface area contributed by atoms with E-state index in [1.165, 1.54) is 21.2 Å².